The zero-order valence-electron chi connectivity index (χ0n) is 8.21. The number of halogens is 3. The van der Waals surface area contributed by atoms with E-state index in [0.29, 0.717) is 19.6 Å². The molecule has 0 aliphatic heterocycles. The highest BCUT2D eigenvalue weighted by molar-refractivity contribution is 5.42. The van der Waals surface area contributed by atoms with E-state index in [1.165, 1.54) is 18.0 Å². The molecule has 0 bridgehead atoms. The molecule has 1 aromatic heterocycles. The summed E-state index contributed by atoms with van der Waals surface area (Å²) in [5, 5.41) is 3.36. The third-order valence-corrected chi connectivity index (χ3v) is 1.79. The van der Waals surface area contributed by atoms with Crippen molar-refractivity contribution in [3.63, 3.8) is 0 Å². The molecule has 1 heterocycles. The summed E-state index contributed by atoms with van der Waals surface area (Å²) in [7, 11) is 1.53. The zero-order chi connectivity index (χ0) is 11.5. The Morgan fingerprint density at radius 1 is 1.53 bits per heavy atom. The number of nitrogens with two attached hydrogens (primary N) is 1. The van der Waals surface area contributed by atoms with E-state index < -0.39 is 11.9 Å². The van der Waals surface area contributed by atoms with E-state index >= 15 is 0 Å². The third-order valence-electron chi connectivity index (χ3n) is 1.79. The Hall–Kier alpha value is -1.24. The van der Waals surface area contributed by atoms with Crippen LogP contribution in [0.25, 0.3) is 0 Å². The van der Waals surface area contributed by atoms with E-state index in [2.05, 4.69) is 5.10 Å². The fourth-order valence-electron chi connectivity index (χ4n) is 1.14. The van der Waals surface area contributed by atoms with Crippen molar-refractivity contribution in [2.75, 3.05) is 19.5 Å². The molecular formula is C8H12F3N3O. The van der Waals surface area contributed by atoms with Crippen LogP contribution < -0.4 is 5.73 Å². The molecule has 0 aliphatic carbocycles. The lowest BCUT2D eigenvalue weighted by Crippen LogP contribution is -2.10. The van der Waals surface area contributed by atoms with Gasteiger partial charge in [-0.15, -0.1) is 0 Å². The molecule has 0 amide bonds. The minimum Gasteiger partial charge on any atom is -0.396 e. The maximum atomic E-state index is 12.3. The van der Waals surface area contributed by atoms with Gasteiger partial charge >= 0.3 is 6.18 Å². The number of nitrogen functional groups attached to an aromatic ring is 1. The van der Waals surface area contributed by atoms with Gasteiger partial charge in [0.2, 0.25) is 0 Å². The Balaban J connectivity index is 2.69. The highest BCUT2D eigenvalue weighted by Gasteiger charge is 2.36. The highest BCUT2D eigenvalue weighted by Crippen LogP contribution is 2.31. The number of nitrogens with zero attached hydrogens (tertiary/aromatic N) is 2. The summed E-state index contributed by atoms with van der Waals surface area (Å²) in [4.78, 5) is 0. The first kappa shape index (κ1) is 11.8. The third kappa shape index (κ3) is 3.12. The average Bonchev–Trinajstić information content (AvgIpc) is 2.47. The zero-order valence-corrected chi connectivity index (χ0v) is 8.21. The van der Waals surface area contributed by atoms with Gasteiger partial charge in [-0.25, -0.2) is 0 Å². The van der Waals surface area contributed by atoms with Crippen molar-refractivity contribution in [1.29, 1.82) is 0 Å². The normalized spacial score (nSPS) is 12.0. The number of ether oxygens (including phenoxy) is 1. The quantitative estimate of drug-likeness (QED) is 0.787. The Labute approximate surface area is 84.8 Å². The van der Waals surface area contributed by atoms with Gasteiger partial charge in [0.25, 0.3) is 0 Å². The predicted octanol–water partition coefficient (Wildman–Crippen LogP) is 1.52. The van der Waals surface area contributed by atoms with Crippen LogP contribution in [0.5, 0.6) is 0 Å². The molecule has 15 heavy (non-hydrogen) atoms. The Morgan fingerprint density at radius 3 is 2.67 bits per heavy atom. The molecule has 4 nitrogen and oxygen atoms in total. The standard InChI is InChI=1S/C8H12F3N3O/c1-15-4-2-3-14-5-6(12)7(13-14)8(9,10)11/h5H,2-4,12H2,1H3. The van der Waals surface area contributed by atoms with Crippen LogP contribution in [0.3, 0.4) is 0 Å². The van der Waals surface area contributed by atoms with Crippen molar-refractivity contribution in [3.8, 4) is 0 Å². The number of methoxy groups -OCH3 is 1. The first-order chi connectivity index (χ1) is 6.95. The number of anilines is 1. The van der Waals surface area contributed by atoms with Crippen molar-refractivity contribution in [2.24, 2.45) is 0 Å². The lowest BCUT2D eigenvalue weighted by Gasteiger charge is -2.02. The van der Waals surface area contributed by atoms with Crippen molar-refractivity contribution >= 4 is 5.69 Å². The molecule has 86 valence electrons. The van der Waals surface area contributed by atoms with Crippen molar-refractivity contribution in [2.45, 2.75) is 19.1 Å². The van der Waals surface area contributed by atoms with Crippen LogP contribution in [0.15, 0.2) is 6.20 Å². The summed E-state index contributed by atoms with van der Waals surface area (Å²) >= 11 is 0. The summed E-state index contributed by atoms with van der Waals surface area (Å²) in [5.74, 6) is 0. The van der Waals surface area contributed by atoms with Gasteiger partial charge in [0.15, 0.2) is 5.69 Å². The van der Waals surface area contributed by atoms with E-state index in [9.17, 15) is 13.2 Å². The maximum absolute atomic E-state index is 12.3. The number of aryl methyl sites for hydroxylation is 1. The second kappa shape index (κ2) is 4.52. The maximum Gasteiger partial charge on any atom is 0.437 e. The second-order valence-electron chi connectivity index (χ2n) is 3.04. The molecule has 0 saturated heterocycles. The summed E-state index contributed by atoms with van der Waals surface area (Å²) in [6, 6.07) is 0. The van der Waals surface area contributed by atoms with E-state index in [0.717, 1.165) is 0 Å². The van der Waals surface area contributed by atoms with Crippen LogP contribution in [0, 0.1) is 0 Å². The van der Waals surface area contributed by atoms with E-state index in [1.54, 1.807) is 0 Å². The van der Waals surface area contributed by atoms with Crippen LogP contribution in [0.1, 0.15) is 12.1 Å². The first-order valence-electron chi connectivity index (χ1n) is 4.34. The van der Waals surface area contributed by atoms with Crippen LogP contribution in [-0.2, 0) is 17.5 Å². The molecule has 0 spiro atoms. The van der Waals surface area contributed by atoms with E-state index in [-0.39, 0.29) is 5.69 Å². The molecule has 0 aliphatic rings. The lowest BCUT2D eigenvalue weighted by molar-refractivity contribution is -0.140. The largest absolute Gasteiger partial charge is 0.437 e. The molecule has 0 saturated carbocycles. The topological polar surface area (TPSA) is 53.1 Å². The Morgan fingerprint density at radius 2 is 2.20 bits per heavy atom. The van der Waals surface area contributed by atoms with Crippen LogP contribution in [-0.4, -0.2) is 23.5 Å². The van der Waals surface area contributed by atoms with E-state index in [4.69, 9.17) is 10.5 Å². The van der Waals surface area contributed by atoms with Crippen molar-refractivity contribution in [3.05, 3.63) is 11.9 Å². The molecule has 1 aromatic rings. The molecule has 1 rings (SSSR count). The van der Waals surface area contributed by atoms with Gasteiger partial charge in [0, 0.05) is 26.5 Å². The molecule has 0 radical (unpaired) electrons. The summed E-state index contributed by atoms with van der Waals surface area (Å²) in [6.45, 7) is 0.829. The number of hydrogen-bond donors (Lipinski definition) is 1. The minimum atomic E-state index is -4.49. The lowest BCUT2D eigenvalue weighted by atomic mass is 10.4. The van der Waals surface area contributed by atoms with Gasteiger partial charge in [-0.1, -0.05) is 0 Å². The Kier molecular flexibility index (Phi) is 3.57. The molecule has 0 unspecified atom stereocenters. The first-order valence-corrected chi connectivity index (χ1v) is 4.34. The SMILES string of the molecule is COCCCn1cc(N)c(C(F)(F)F)n1. The summed E-state index contributed by atoms with van der Waals surface area (Å²) < 4.78 is 42.8. The number of rotatable bonds is 4. The molecular weight excluding hydrogens is 211 g/mol. The van der Waals surface area contributed by atoms with Gasteiger partial charge in [-0.3, -0.25) is 4.68 Å². The molecule has 2 N–H and O–H groups in total. The average molecular weight is 223 g/mol. The second-order valence-corrected chi connectivity index (χ2v) is 3.04. The fraction of sp³-hybridized carbons (Fsp3) is 0.625. The van der Waals surface area contributed by atoms with Crippen LogP contribution in [0.2, 0.25) is 0 Å². The van der Waals surface area contributed by atoms with Crippen LogP contribution >= 0.6 is 0 Å². The monoisotopic (exact) mass is 223 g/mol. The van der Waals surface area contributed by atoms with Crippen molar-refractivity contribution < 1.29 is 17.9 Å². The summed E-state index contributed by atoms with van der Waals surface area (Å²) in [5.41, 5.74) is 3.82. The van der Waals surface area contributed by atoms with E-state index in [1.807, 2.05) is 0 Å². The Bertz CT molecular complexity index is 321. The highest BCUT2D eigenvalue weighted by atomic mass is 19.4. The minimum absolute atomic E-state index is 0.347. The smallest absolute Gasteiger partial charge is 0.396 e. The van der Waals surface area contributed by atoms with Gasteiger partial charge in [0.05, 0.1) is 5.69 Å². The van der Waals surface area contributed by atoms with Gasteiger partial charge < -0.3 is 10.5 Å². The van der Waals surface area contributed by atoms with Crippen LogP contribution in [0.4, 0.5) is 18.9 Å². The number of hydrogen-bond acceptors (Lipinski definition) is 3. The van der Waals surface area contributed by atoms with Crippen molar-refractivity contribution in [1.82, 2.24) is 9.78 Å². The number of aromatic nitrogens is 2. The molecule has 7 heteroatoms. The molecule has 0 atom stereocenters. The number of alkyl halides is 3. The molecule has 0 aromatic carbocycles. The fourth-order valence-corrected chi connectivity index (χ4v) is 1.14. The van der Waals surface area contributed by atoms with Gasteiger partial charge in [0.1, 0.15) is 0 Å². The van der Waals surface area contributed by atoms with Gasteiger partial charge in [-0.2, -0.15) is 18.3 Å². The van der Waals surface area contributed by atoms with Gasteiger partial charge in [-0.05, 0) is 6.42 Å². The summed E-state index contributed by atoms with van der Waals surface area (Å²) in [6.07, 6.45) is -2.72. The predicted molar refractivity (Wildman–Crippen MR) is 48.1 cm³/mol. The molecule has 0 fully saturated rings.